The topological polar surface area (TPSA) is 156 Å². The van der Waals surface area contributed by atoms with Crippen molar-refractivity contribution in [3.8, 4) is 0 Å². The molecular weight excluding hydrogens is 775 g/mol. The fraction of sp³-hybridized carbons (Fsp3) is 0.860. The van der Waals surface area contributed by atoms with E-state index in [9.17, 15) is 25.2 Å². The van der Waals surface area contributed by atoms with Crippen LogP contribution in [0.1, 0.15) is 159 Å². The Morgan fingerprint density at radius 3 is 2.23 bits per heavy atom. The van der Waals surface area contributed by atoms with Gasteiger partial charge in [0.2, 0.25) is 5.91 Å². The predicted molar refractivity (Wildman–Crippen MR) is 235 cm³/mol. The normalized spacial score (nSPS) is 43.0. The van der Waals surface area contributed by atoms with E-state index in [0.717, 1.165) is 24.8 Å². The van der Waals surface area contributed by atoms with E-state index >= 15 is 0 Å². The molecule has 5 aliphatic rings. The van der Waals surface area contributed by atoms with Gasteiger partial charge in [-0.25, -0.2) is 0 Å². The van der Waals surface area contributed by atoms with Crippen LogP contribution in [0.4, 0.5) is 0 Å². The zero-order valence-corrected chi connectivity index (χ0v) is 39.4. The van der Waals surface area contributed by atoms with Gasteiger partial charge in [-0.2, -0.15) is 0 Å². The van der Waals surface area contributed by atoms with Crippen molar-refractivity contribution in [2.75, 3.05) is 0 Å². The summed E-state index contributed by atoms with van der Waals surface area (Å²) in [6.07, 6.45) is 4.48. The van der Waals surface area contributed by atoms with Gasteiger partial charge in [0.25, 0.3) is 0 Å². The molecule has 5 fully saturated rings. The van der Waals surface area contributed by atoms with Crippen molar-refractivity contribution in [1.82, 2.24) is 5.32 Å². The summed E-state index contributed by atoms with van der Waals surface area (Å²) in [7, 11) is 0. The lowest BCUT2D eigenvalue weighted by Gasteiger charge is -2.58. The van der Waals surface area contributed by atoms with Crippen LogP contribution < -0.4 is 5.32 Å². The van der Waals surface area contributed by atoms with Gasteiger partial charge in [-0.05, 0) is 102 Å². The molecule has 6 rings (SSSR count). The molecule has 1 aromatic carbocycles. The first-order valence-corrected chi connectivity index (χ1v) is 24.2. The van der Waals surface area contributed by atoms with Crippen LogP contribution in [0.5, 0.6) is 0 Å². The van der Waals surface area contributed by atoms with Gasteiger partial charge in [0, 0.05) is 43.1 Å². The lowest BCUT2D eigenvalue weighted by molar-refractivity contribution is -0.445. The number of hydrogen-bond donors (Lipinski definition) is 5. The van der Waals surface area contributed by atoms with Crippen molar-refractivity contribution < 1.29 is 48.9 Å². The van der Waals surface area contributed by atoms with E-state index in [1.54, 1.807) is 0 Å². The van der Waals surface area contributed by atoms with E-state index in [0.29, 0.717) is 64.3 Å². The molecule has 11 nitrogen and oxygen atoms in total. The molecule has 5 N–H and O–H groups in total. The molecule has 5 saturated heterocycles. The standard InChI is InChI=1S/C50H83NO10/c1-12-37(45(54)51-29-36-18-16-15-17-19-36)39-21-20-30(4)43(58-39)33(7)42(53)34(8)47(11,55)38(13-2)44-31(5)28-32(6)49(59-44)25-22-40(52)50(61-49)27-26-46(10,60-50)41-23-24-48(56,14-3)35(9)57-41/h15-19,30-35,37-44,52-53,55-56H,12-14,20-29H2,1-11H3,(H,51,54)/t30-,31-,32+,33-,34-,35-,37+,38+,39+,40+,41+,42-,43+,44-,46-,47-,48+,49-,50-/m0/s1. The molecule has 0 saturated carbocycles. The van der Waals surface area contributed by atoms with E-state index in [1.807, 2.05) is 78.8 Å². The summed E-state index contributed by atoms with van der Waals surface area (Å²) in [4.78, 5) is 13.5. The monoisotopic (exact) mass is 858 g/mol. The molecule has 2 spiro atoms. The number of amides is 1. The van der Waals surface area contributed by atoms with Crippen LogP contribution in [0.25, 0.3) is 0 Å². The minimum Gasteiger partial charge on any atom is -0.392 e. The van der Waals surface area contributed by atoms with Gasteiger partial charge in [0.15, 0.2) is 11.6 Å². The van der Waals surface area contributed by atoms with E-state index in [-0.39, 0.29) is 71.9 Å². The first-order chi connectivity index (χ1) is 28.7. The zero-order valence-electron chi connectivity index (χ0n) is 39.4. The molecule has 1 amide bonds. The van der Waals surface area contributed by atoms with Gasteiger partial charge in [-0.15, -0.1) is 0 Å². The van der Waals surface area contributed by atoms with Crippen LogP contribution in [0, 0.1) is 41.4 Å². The third-order valence-corrected chi connectivity index (χ3v) is 17.0. The molecule has 5 heterocycles. The molecule has 348 valence electrons. The molecule has 61 heavy (non-hydrogen) atoms. The van der Waals surface area contributed by atoms with Crippen molar-refractivity contribution in [2.24, 2.45) is 41.4 Å². The smallest absolute Gasteiger partial charge is 0.225 e. The molecule has 19 atom stereocenters. The highest BCUT2D eigenvalue weighted by atomic mass is 16.8. The Hall–Kier alpha value is -1.67. The second-order valence-corrected chi connectivity index (χ2v) is 20.9. The average Bonchev–Trinajstić information content (AvgIpc) is 3.59. The van der Waals surface area contributed by atoms with E-state index in [4.69, 9.17) is 23.7 Å². The Kier molecular flexibility index (Phi) is 15.2. The molecule has 0 bridgehead atoms. The van der Waals surface area contributed by atoms with Crippen molar-refractivity contribution in [3.05, 3.63) is 35.9 Å². The number of carbonyl (C=O) groups excluding carboxylic acids is 1. The van der Waals surface area contributed by atoms with Crippen LogP contribution in [0.2, 0.25) is 0 Å². The van der Waals surface area contributed by atoms with E-state index < -0.39 is 46.5 Å². The Morgan fingerprint density at radius 1 is 0.885 bits per heavy atom. The van der Waals surface area contributed by atoms with Gasteiger partial charge in [0.05, 0.1) is 59.3 Å². The molecule has 0 aliphatic carbocycles. The molecule has 1 aromatic rings. The second-order valence-electron chi connectivity index (χ2n) is 20.9. The van der Waals surface area contributed by atoms with Gasteiger partial charge < -0.3 is 49.4 Å². The number of rotatable bonds is 14. The summed E-state index contributed by atoms with van der Waals surface area (Å²) in [5, 5.41) is 50.8. The number of nitrogens with one attached hydrogen (secondary N) is 1. The quantitative estimate of drug-likeness (QED) is 0.125. The molecule has 5 aliphatic heterocycles. The molecule has 11 heteroatoms. The number of benzene rings is 1. The lowest BCUT2D eigenvalue weighted by Crippen LogP contribution is -2.66. The second kappa shape index (κ2) is 19.0. The lowest BCUT2D eigenvalue weighted by atomic mass is 9.66. The van der Waals surface area contributed by atoms with Crippen LogP contribution in [0.15, 0.2) is 30.3 Å². The minimum atomic E-state index is -1.33. The summed E-state index contributed by atoms with van der Waals surface area (Å²) < 4.78 is 34.6. The van der Waals surface area contributed by atoms with E-state index in [2.05, 4.69) is 33.0 Å². The first kappa shape index (κ1) is 48.8. The number of hydrogen-bond acceptors (Lipinski definition) is 10. The van der Waals surface area contributed by atoms with E-state index in [1.165, 1.54) is 0 Å². The number of carbonyl (C=O) groups is 1. The summed E-state index contributed by atoms with van der Waals surface area (Å²) in [5.74, 6) is -3.53. The Labute approximate surface area is 367 Å². The van der Waals surface area contributed by atoms with Crippen molar-refractivity contribution in [3.63, 3.8) is 0 Å². The zero-order chi connectivity index (χ0) is 44.7. The number of ether oxygens (including phenoxy) is 5. The largest absolute Gasteiger partial charge is 0.392 e. The van der Waals surface area contributed by atoms with Gasteiger partial charge >= 0.3 is 0 Å². The van der Waals surface area contributed by atoms with Crippen LogP contribution in [-0.2, 0) is 35.0 Å². The molecule has 0 aromatic heterocycles. The van der Waals surface area contributed by atoms with Crippen molar-refractivity contribution in [1.29, 1.82) is 0 Å². The Morgan fingerprint density at radius 2 is 1.59 bits per heavy atom. The maximum absolute atomic E-state index is 13.5. The fourth-order valence-electron chi connectivity index (χ4n) is 12.4. The van der Waals surface area contributed by atoms with Crippen LogP contribution in [-0.4, -0.2) is 97.4 Å². The Balaban J connectivity index is 1.14. The highest BCUT2D eigenvalue weighted by Crippen LogP contribution is 2.56. The summed E-state index contributed by atoms with van der Waals surface area (Å²) in [5.41, 5.74) is -1.85. The summed E-state index contributed by atoms with van der Waals surface area (Å²) in [6, 6.07) is 9.92. The third kappa shape index (κ3) is 9.53. The molecular formula is C50H83NO10. The van der Waals surface area contributed by atoms with Gasteiger partial charge in [-0.1, -0.05) is 85.7 Å². The molecule has 0 radical (unpaired) electrons. The number of aliphatic hydroxyl groups is 4. The summed E-state index contributed by atoms with van der Waals surface area (Å²) >= 11 is 0. The van der Waals surface area contributed by atoms with Crippen LogP contribution >= 0.6 is 0 Å². The third-order valence-electron chi connectivity index (χ3n) is 17.0. The maximum Gasteiger partial charge on any atom is 0.225 e. The summed E-state index contributed by atoms with van der Waals surface area (Å²) in [6.45, 7) is 22.9. The average molecular weight is 858 g/mol. The Bertz CT molecular complexity index is 1600. The van der Waals surface area contributed by atoms with Crippen molar-refractivity contribution >= 4 is 5.91 Å². The van der Waals surface area contributed by atoms with Crippen molar-refractivity contribution in [2.45, 2.75) is 231 Å². The first-order valence-electron chi connectivity index (χ1n) is 24.2. The SMILES string of the molecule is CC[C@H]([C@H]1O[C@]2(CC[C@@H](O)[C@]3(CC[C@@](C)([C@H]4CC[C@](O)(CC)[C@H](C)O4)O3)O2)[C@H](C)C[C@@H]1C)[C@@](C)(O)[C@@H](C)[C@@H](O)[C@H](C)[C@@H]1O[C@@H]([C@@H](CC)C(=O)NCc2ccccc2)CC[C@@H]1C. The number of aliphatic hydroxyl groups excluding tert-OH is 2. The van der Waals surface area contributed by atoms with Crippen LogP contribution in [0.3, 0.4) is 0 Å². The highest BCUT2D eigenvalue weighted by molar-refractivity contribution is 5.79. The van der Waals surface area contributed by atoms with Gasteiger partial charge in [0.1, 0.15) is 6.10 Å². The highest BCUT2D eigenvalue weighted by Gasteiger charge is 2.65. The maximum atomic E-state index is 13.5. The van der Waals surface area contributed by atoms with Gasteiger partial charge in [-0.3, -0.25) is 4.79 Å². The minimum absolute atomic E-state index is 0.000153. The predicted octanol–water partition coefficient (Wildman–Crippen LogP) is 7.83. The molecule has 0 unspecified atom stereocenters. The fourth-order valence-corrected chi connectivity index (χ4v) is 12.4.